The standard InChI is InChI=1S/C15H26N2O2S/c1-11-12(2)20-13(17-11)15(16-7-9-18-5)6-8-19-14(3,4)10-15/h16H,6-10H2,1-5H3. The Labute approximate surface area is 125 Å². The van der Waals surface area contributed by atoms with Crippen molar-refractivity contribution in [3.8, 4) is 0 Å². The van der Waals surface area contributed by atoms with Gasteiger partial charge in [-0.05, 0) is 34.1 Å². The minimum absolute atomic E-state index is 0.0794. The van der Waals surface area contributed by atoms with E-state index in [-0.39, 0.29) is 11.1 Å². The van der Waals surface area contributed by atoms with Crippen molar-refractivity contribution < 1.29 is 9.47 Å². The maximum Gasteiger partial charge on any atom is 0.113 e. The van der Waals surface area contributed by atoms with Gasteiger partial charge in [-0.3, -0.25) is 0 Å². The maximum atomic E-state index is 5.89. The average Bonchev–Trinajstić information content (AvgIpc) is 2.69. The van der Waals surface area contributed by atoms with Crippen LogP contribution >= 0.6 is 11.3 Å². The summed E-state index contributed by atoms with van der Waals surface area (Å²) in [5, 5.41) is 4.89. The van der Waals surface area contributed by atoms with Crippen molar-refractivity contribution in [1.29, 1.82) is 0 Å². The fourth-order valence-corrected chi connectivity index (χ4v) is 3.95. The van der Waals surface area contributed by atoms with Crippen molar-refractivity contribution >= 4 is 11.3 Å². The molecule has 1 aliphatic rings. The minimum atomic E-state index is -0.119. The van der Waals surface area contributed by atoms with Crippen LogP contribution in [0.5, 0.6) is 0 Å². The molecule has 0 amide bonds. The van der Waals surface area contributed by atoms with Gasteiger partial charge in [0.05, 0.1) is 23.4 Å². The van der Waals surface area contributed by atoms with Gasteiger partial charge in [0.1, 0.15) is 5.01 Å². The number of methoxy groups -OCH3 is 1. The van der Waals surface area contributed by atoms with Crippen LogP contribution in [0.15, 0.2) is 0 Å². The van der Waals surface area contributed by atoms with Crippen molar-refractivity contribution in [3.63, 3.8) is 0 Å². The fraction of sp³-hybridized carbons (Fsp3) is 0.800. The first-order valence-corrected chi connectivity index (χ1v) is 8.03. The summed E-state index contributed by atoms with van der Waals surface area (Å²) < 4.78 is 11.1. The summed E-state index contributed by atoms with van der Waals surface area (Å²) in [7, 11) is 1.74. The third kappa shape index (κ3) is 3.39. The highest BCUT2D eigenvalue weighted by atomic mass is 32.1. The molecule has 0 spiro atoms. The largest absolute Gasteiger partial charge is 0.383 e. The van der Waals surface area contributed by atoms with Gasteiger partial charge in [-0.25, -0.2) is 4.98 Å². The monoisotopic (exact) mass is 298 g/mol. The van der Waals surface area contributed by atoms with E-state index in [1.165, 1.54) is 9.88 Å². The van der Waals surface area contributed by atoms with Crippen LogP contribution in [0, 0.1) is 13.8 Å². The molecule has 0 saturated carbocycles. The first-order valence-electron chi connectivity index (χ1n) is 7.21. The highest BCUT2D eigenvalue weighted by molar-refractivity contribution is 7.11. The molecule has 114 valence electrons. The Morgan fingerprint density at radius 2 is 2.15 bits per heavy atom. The molecule has 1 fully saturated rings. The molecule has 1 atom stereocenters. The molecule has 0 aliphatic carbocycles. The highest BCUT2D eigenvalue weighted by Gasteiger charge is 2.44. The number of ether oxygens (including phenoxy) is 2. The second-order valence-electron chi connectivity index (χ2n) is 6.20. The van der Waals surface area contributed by atoms with Gasteiger partial charge in [0, 0.05) is 31.6 Å². The second-order valence-corrected chi connectivity index (χ2v) is 7.40. The molecule has 2 heterocycles. The fourth-order valence-electron chi connectivity index (χ4n) is 2.85. The van der Waals surface area contributed by atoms with Gasteiger partial charge in [0.15, 0.2) is 0 Å². The lowest BCUT2D eigenvalue weighted by Gasteiger charge is -2.44. The zero-order chi connectivity index (χ0) is 14.8. The summed E-state index contributed by atoms with van der Waals surface area (Å²) in [6.07, 6.45) is 1.91. The molecule has 2 rings (SSSR count). The number of nitrogens with zero attached hydrogens (tertiary/aromatic N) is 1. The topological polar surface area (TPSA) is 43.4 Å². The summed E-state index contributed by atoms with van der Waals surface area (Å²) in [5.41, 5.74) is 0.942. The molecule has 5 heteroatoms. The van der Waals surface area contributed by atoms with Crippen LogP contribution in [-0.2, 0) is 15.0 Å². The quantitative estimate of drug-likeness (QED) is 0.849. The molecule has 1 aliphatic heterocycles. The van der Waals surface area contributed by atoms with Crippen LogP contribution in [0.4, 0.5) is 0 Å². The van der Waals surface area contributed by atoms with Gasteiger partial charge in [-0.2, -0.15) is 0 Å². The Morgan fingerprint density at radius 1 is 1.40 bits per heavy atom. The number of aryl methyl sites for hydroxylation is 2. The van der Waals surface area contributed by atoms with Crippen molar-refractivity contribution in [2.45, 2.75) is 51.7 Å². The van der Waals surface area contributed by atoms with E-state index >= 15 is 0 Å². The Bertz CT molecular complexity index is 439. The SMILES string of the molecule is COCCNC1(c2nc(C)c(C)s2)CCOC(C)(C)C1. The van der Waals surface area contributed by atoms with E-state index in [4.69, 9.17) is 14.5 Å². The van der Waals surface area contributed by atoms with E-state index in [2.05, 4.69) is 33.0 Å². The Kier molecular flexibility index (Phi) is 4.84. The van der Waals surface area contributed by atoms with Gasteiger partial charge in [-0.15, -0.1) is 11.3 Å². The van der Waals surface area contributed by atoms with Gasteiger partial charge in [-0.1, -0.05) is 0 Å². The normalized spacial score (nSPS) is 25.9. The average molecular weight is 298 g/mol. The number of hydrogen-bond acceptors (Lipinski definition) is 5. The van der Waals surface area contributed by atoms with Crippen molar-refractivity contribution in [1.82, 2.24) is 10.3 Å². The summed E-state index contributed by atoms with van der Waals surface area (Å²) in [6.45, 7) is 10.9. The van der Waals surface area contributed by atoms with Gasteiger partial charge >= 0.3 is 0 Å². The van der Waals surface area contributed by atoms with E-state index in [1.807, 2.05) is 11.3 Å². The van der Waals surface area contributed by atoms with E-state index in [1.54, 1.807) is 7.11 Å². The molecule has 1 saturated heterocycles. The number of rotatable bonds is 5. The molecule has 0 radical (unpaired) electrons. The first kappa shape index (κ1) is 15.9. The lowest BCUT2D eigenvalue weighted by molar-refractivity contribution is -0.0905. The third-order valence-electron chi connectivity index (χ3n) is 3.96. The predicted octanol–water partition coefficient (Wildman–Crippen LogP) is 2.78. The van der Waals surface area contributed by atoms with Crippen LogP contribution < -0.4 is 5.32 Å². The number of nitrogens with one attached hydrogen (secondary N) is 1. The van der Waals surface area contributed by atoms with Gasteiger partial charge in [0.2, 0.25) is 0 Å². The Morgan fingerprint density at radius 3 is 2.70 bits per heavy atom. The van der Waals surface area contributed by atoms with E-state index in [0.29, 0.717) is 6.61 Å². The smallest absolute Gasteiger partial charge is 0.113 e. The van der Waals surface area contributed by atoms with Crippen LogP contribution in [0.25, 0.3) is 0 Å². The van der Waals surface area contributed by atoms with Crippen LogP contribution in [0.1, 0.15) is 42.3 Å². The maximum absolute atomic E-state index is 5.89. The molecular formula is C15H26N2O2S. The molecule has 1 unspecified atom stereocenters. The molecule has 0 aromatic carbocycles. The van der Waals surface area contributed by atoms with E-state index < -0.39 is 0 Å². The van der Waals surface area contributed by atoms with Gasteiger partial charge < -0.3 is 14.8 Å². The summed E-state index contributed by atoms with van der Waals surface area (Å²) in [5.74, 6) is 0. The van der Waals surface area contributed by atoms with Crippen LogP contribution in [-0.4, -0.2) is 37.5 Å². The van der Waals surface area contributed by atoms with Crippen LogP contribution in [0.3, 0.4) is 0 Å². The summed E-state index contributed by atoms with van der Waals surface area (Å²) >= 11 is 1.81. The first-order chi connectivity index (χ1) is 9.38. The zero-order valence-electron chi connectivity index (χ0n) is 13.2. The van der Waals surface area contributed by atoms with Crippen molar-refractivity contribution in [2.75, 3.05) is 26.9 Å². The summed E-state index contributed by atoms with van der Waals surface area (Å²) in [4.78, 5) is 6.11. The molecule has 4 nitrogen and oxygen atoms in total. The van der Waals surface area contributed by atoms with Crippen molar-refractivity contribution in [3.05, 3.63) is 15.6 Å². The molecule has 0 bridgehead atoms. The number of hydrogen-bond donors (Lipinski definition) is 1. The molecule has 1 aromatic heterocycles. The lowest BCUT2D eigenvalue weighted by atomic mass is 9.81. The minimum Gasteiger partial charge on any atom is -0.383 e. The van der Waals surface area contributed by atoms with E-state index in [9.17, 15) is 0 Å². The molecule has 20 heavy (non-hydrogen) atoms. The van der Waals surface area contributed by atoms with Gasteiger partial charge in [0.25, 0.3) is 0 Å². The van der Waals surface area contributed by atoms with E-state index in [0.717, 1.165) is 31.7 Å². The number of thiazole rings is 1. The predicted molar refractivity (Wildman–Crippen MR) is 82.4 cm³/mol. The van der Waals surface area contributed by atoms with Crippen LogP contribution in [0.2, 0.25) is 0 Å². The third-order valence-corrected chi connectivity index (χ3v) is 5.23. The Hall–Kier alpha value is -0.490. The lowest BCUT2D eigenvalue weighted by Crippen LogP contribution is -2.53. The second kappa shape index (κ2) is 6.10. The molecule has 1 N–H and O–H groups in total. The highest BCUT2D eigenvalue weighted by Crippen LogP contribution is 2.41. The summed E-state index contributed by atoms with van der Waals surface area (Å²) in [6, 6.07) is 0. The molecular weight excluding hydrogens is 272 g/mol. The molecule has 1 aromatic rings. The Balaban J connectivity index is 2.28. The zero-order valence-corrected chi connectivity index (χ0v) is 14.0. The number of aromatic nitrogens is 1. The van der Waals surface area contributed by atoms with Crippen molar-refractivity contribution in [2.24, 2.45) is 0 Å².